The van der Waals surface area contributed by atoms with E-state index >= 15 is 0 Å². The molecule has 7 nitrogen and oxygen atoms in total. The van der Waals surface area contributed by atoms with E-state index in [1.54, 1.807) is 38.2 Å². The molecule has 4 rings (SSSR count). The van der Waals surface area contributed by atoms with Crippen molar-refractivity contribution in [3.05, 3.63) is 65.2 Å². The summed E-state index contributed by atoms with van der Waals surface area (Å²) in [7, 11) is 0. The first-order valence-corrected chi connectivity index (χ1v) is 10.1. The SMILES string of the molecule is CC(C)(O)c1ccc(Nc2ncnc3c2CCN(c2ccc([NH3+])c(C(F)(F)F)c2)C3)nc1. The van der Waals surface area contributed by atoms with Crippen LogP contribution in [0.2, 0.25) is 0 Å². The number of hydrogen-bond donors (Lipinski definition) is 3. The van der Waals surface area contributed by atoms with Gasteiger partial charge < -0.3 is 21.1 Å². The minimum Gasteiger partial charge on any atom is -0.386 e. The van der Waals surface area contributed by atoms with E-state index in [0.29, 0.717) is 42.4 Å². The highest BCUT2D eigenvalue weighted by Crippen LogP contribution is 2.36. The minimum atomic E-state index is -4.45. The third kappa shape index (κ3) is 4.51. The van der Waals surface area contributed by atoms with Gasteiger partial charge in [0.15, 0.2) is 0 Å². The quantitative estimate of drug-likeness (QED) is 0.570. The van der Waals surface area contributed by atoms with Crippen LogP contribution in [0.15, 0.2) is 42.9 Å². The van der Waals surface area contributed by atoms with Gasteiger partial charge in [0.05, 0.1) is 17.8 Å². The first-order valence-electron chi connectivity index (χ1n) is 10.1. The number of fused-ring (bicyclic) bond motifs is 1. The molecule has 1 aliphatic rings. The molecule has 0 saturated heterocycles. The molecule has 0 fully saturated rings. The molecule has 5 N–H and O–H groups in total. The summed E-state index contributed by atoms with van der Waals surface area (Å²) in [5, 5.41) is 13.3. The standard InChI is InChI=1S/C22H23F3N6O/c1-21(2,32)13-3-6-19(27-10-13)30-20-15-7-8-31(11-18(15)28-12-29-20)14-4-5-17(26)16(9-14)22(23,24)25/h3-6,9-10,12,32H,7-8,11,26H2,1-2H3,(H,27,28,29,30)/p+1. The summed E-state index contributed by atoms with van der Waals surface area (Å²) in [6.07, 6.45) is -0.861. The lowest BCUT2D eigenvalue weighted by Gasteiger charge is -2.31. The van der Waals surface area contributed by atoms with Gasteiger partial charge in [0.2, 0.25) is 0 Å². The van der Waals surface area contributed by atoms with Gasteiger partial charge in [0, 0.05) is 35.6 Å². The molecule has 168 valence electrons. The van der Waals surface area contributed by atoms with Crippen molar-refractivity contribution in [2.75, 3.05) is 16.8 Å². The number of quaternary nitrogens is 1. The second-order valence-corrected chi connectivity index (χ2v) is 8.27. The molecule has 0 radical (unpaired) electrons. The topological polar surface area (TPSA) is 102 Å². The van der Waals surface area contributed by atoms with Crippen LogP contribution in [0, 0.1) is 0 Å². The average Bonchev–Trinajstić information content (AvgIpc) is 2.73. The van der Waals surface area contributed by atoms with Gasteiger partial charge in [-0.1, -0.05) is 6.07 Å². The van der Waals surface area contributed by atoms with Crippen molar-refractivity contribution in [2.45, 2.75) is 38.6 Å². The number of aliphatic hydroxyl groups is 1. The highest BCUT2D eigenvalue weighted by Gasteiger charge is 2.35. The third-order valence-electron chi connectivity index (χ3n) is 5.49. The van der Waals surface area contributed by atoms with Crippen molar-refractivity contribution in [1.82, 2.24) is 15.0 Å². The Bertz CT molecular complexity index is 1130. The summed E-state index contributed by atoms with van der Waals surface area (Å²) in [5.41, 5.74) is 4.55. The maximum absolute atomic E-state index is 13.3. The molecule has 0 amide bonds. The van der Waals surface area contributed by atoms with Gasteiger partial charge in [-0.15, -0.1) is 0 Å². The molecule has 3 heterocycles. The zero-order chi connectivity index (χ0) is 23.1. The molecule has 0 spiro atoms. The lowest BCUT2D eigenvalue weighted by atomic mass is 10.0. The Morgan fingerprint density at radius 1 is 1.09 bits per heavy atom. The Morgan fingerprint density at radius 2 is 1.88 bits per heavy atom. The maximum Gasteiger partial charge on any atom is 0.422 e. The van der Waals surface area contributed by atoms with Crippen molar-refractivity contribution in [1.29, 1.82) is 0 Å². The molecular formula is C22H24F3N6O+. The van der Waals surface area contributed by atoms with E-state index < -0.39 is 17.3 Å². The van der Waals surface area contributed by atoms with Crippen LogP contribution in [-0.2, 0) is 24.7 Å². The van der Waals surface area contributed by atoms with Crippen LogP contribution in [0.1, 0.15) is 36.2 Å². The van der Waals surface area contributed by atoms with Crippen molar-refractivity contribution >= 4 is 23.0 Å². The van der Waals surface area contributed by atoms with Gasteiger partial charge in [-0.05, 0) is 38.5 Å². The zero-order valence-corrected chi connectivity index (χ0v) is 17.7. The summed E-state index contributed by atoms with van der Waals surface area (Å²) in [6.45, 7) is 4.26. The third-order valence-corrected chi connectivity index (χ3v) is 5.49. The number of nitrogens with one attached hydrogen (secondary N) is 1. The Morgan fingerprint density at radius 3 is 2.53 bits per heavy atom. The molecule has 3 aromatic rings. The van der Waals surface area contributed by atoms with Crippen LogP contribution in [0.4, 0.5) is 36.2 Å². The van der Waals surface area contributed by atoms with Crippen LogP contribution in [0.5, 0.6) is 0 Å². The van der Waals surface area contributed by atoms with E-state index in [9.17, 15) is 18.3 Å². The molecule has 0 unspecified atom stereocenters. The van der Waals surface area contributed by atoms with E-state index in [-0.39, 0.29) is 5.69 Å². The summed E-state index contributed by atoms with van der Waals surface area (Å²) < 4.78 is 39.8. The Labute approximate surface area is 183 Å². The van der Waals surface area contributed by atoms with E-state index in [1.807, 2.05) is 4.90 Å². The number of alkyl halides is 3. The molecule has 0 bridgehead atoms. The van der Waals surface area contributed by atoms with Gasteiger partial charge in [-0.3, -0.25) is 0 Å². The molecule has 1 aliphatic heterocycles. The number of halogens is 3. The predicted molar refractivity (Wildman–Crippen MR) is 114 cm³/mol. The van der Waals surface area contributed by atoms with E-state index in [1.165, 1.54) is 12.4 Å². The van der Waals surface area contributed by atoms with Gasteiger partial charge in [-0.2, -0.15) is 13.2 Å². The molecule has 1 aromatic carbocycles. The molecule has 0 atom stereocenters. The predicted octanol–water partition coefficient (Wildman–Crippen LogP) is 3.30. The van der Waals surface area contributed by atoms with E-state index in [4.69, 9.17) is 0 Å². The molecule has 10 heteroatoms. The summed E-state index contributed by atoms with van der Waals surface area (Å²) >= 11 is 0. The average molecular weight is 445 g/mol. The number of anilines is 3. The zero-order valence-electron chi connectivity index (χ0n) is 17.7. The Hall–Kier alpha value is -3.24. The minimum absolute atomic E-state index is 0.0458. The summed E-state index contributed by atoms with van der Waals surface area (Å²) in [5.74, 6) is 1.18. The number of rotatable bonds is 4. The van der Waals surface area contributed by atoms with Gasteiger partial charge in [0.1, 0.15) is 29.2 Å². The van der Waals surface area contributed by atoms with Crippen molar-refractivity contribution in [3.63, 3.8) is 0 Å². The largest absolute Gasteiger partial charge is 0.422 e. The monoisotopic (exact) mass is 445 g/mol. The summed E-state index contributed by atoms with van der Waals surface area (Å²) in [4.78, 5) is 14.9. The number of benzene rings is 1. The number of pyridine rings is 1. The number of hydrogen-bond acceptors (Lipinski definition) is 6. The first-order chi connectivity index (χ1) is 15.0. The summed E-state index contributed by atoms with van der Waals surface area (Å²) in [6, 6.07) is 7.73. The van der Waals surface area contributed by atoms with Crippen LogP contribution < -0.4 is 16.0 Å². The van der Waals surface area contributed by atoms with Gasteiger partial charge >= 0.3 is 6.18 Å². The highest BCUT2D eigenvalue weighted by atomic mass is 19.4. The molecular weight excluding hydrogens is 421 g/mol. The fourth-order valence-corrected chi connectivity index (χ4v) is 3.66. The number of nitrogens with zero attached hydrogens (tertiary/aromatic N) is 4. The fraction of sp³-hybridized carbons (Fsp3) is 0.318. The maximum atomic E-state index is 13.3. The van der Waals surface area contributed by atoms with Crippen LogP contribution in [0.25, 0.3) is 0 Å². The smallest absolute Gasteiger partial charge is 0.386 e. The molecule has 2 aromatic heterocycles. The second-order valence-electron chi connectivity index (χ2n) is 8.27. The first kappa shape index (κ1) is 22.0. The van der Waals surface area contributed by atoms with Crippen LogP contribution in [0.3, 0.4) is 0 Å². The lowest BCUT2D eigenvalue weighted by Crippen LogP contribution is -2.42. The van der Waals surface area contributed by atoms with Crippen molar-refractivity contribution in [2.24, 2.45) is 0 Å². The second kappa shape index (κ2) is 8.03. The highest BCUT2D eigenvalue weighted by molar-refractivity contribution is 5.61. The lowest BCUT2D eigenvalue weighted by molar-refractivity contribution is -0.262. The van der Waals surface area contributed by atoms with E-state index in [0.717, 1.165) is 17.3 Å². The van der Waals surface area contributed by atoms with Crippen molar-refractivity contribution in [3.8, 4) is 0 Å². The van der Waals surface area contributed by atoms with Gasteiger partial charge in [-0.25, -0.2) is 15.0 Å². The molecule has 0 aliphatic carbocycles. The van der Waals surface area contributed by atoms with Crippen LogP contribution >= 0.6 is 0 Å². The van der Waals surface area contributed by atoms with Gasteiger partial charge in [0.25, 0.3) is 0 Å². The molecule has 32 heavy (non-hydrogen) atoms. The fourth-order valence-electron chi connectivity index (χ4n) is 3.66. The van der Waals surface area contributed by atoms with Crippen molar-refractivity contribution < 1.29 is 24.0 Å². The Kier molecular flexibility index (Phi) is 5.51. The van der Waals surface area contributed by atoms with Crippen LogP contribution in [-0.4, -0.2) is 26.6 Å². The Balaban J connectivity index is 1.56. The molecule has 0 saturated carbocycles. The normalized spacial score (nSPS) is 14.3. The van der Waals surface area contributed by atoms with E-state index in [2.05, 4.69) is 26.0 Å². The number of aromatic nitrogens is 3.